The number of hydrogen-bond acceptors (Lipinski definition) is 6. The Labute approximate surface area is 191 Å². The molecule has 0 spiro atoms. The van der Waals surface area contributed by atoms with Crippen LogP contribution in [-0.2, 0) is 0 Å². The third-order valence-corrected chi connectivity index (χ3v) is 7.39. The number of nitrogens with zero attached hydrogens (tertiary/aromatic N) is 5. The molecule has 0 bridgehead atoms. The molecule has 1 aromatic heterocycles. The summed E-state index contributed by atoms with van der Waals surface area (Å²) in [6, 6.07) is 14.2. The monoisotopic (exact) mass is 459 g/mol. The molecule has 30 heavy (non-hydrogen) atoms. The van der Waals surface area contributed by atoms with Crippen LogP contribution in [0.2, 0.25) is 10.0 Å². The van der Waals surface area contributed by atoms with Crippen molar-refractivity contribution in [1.82, 2.24) is 9.97 Å². The lowest BCUT2D eigenvalue weighted by molar-refractivity contribution is 0.640. The van der Waals surface area contributed by atoms with Crippen LogP contribution < -0.4 is 14.7 Å². The minimum absolute atomic E-state index is 0.590. The van der Waals surface area contributed by atoms with E-state index in [4.69, 9.17) is 33.2 Å². The van der Waals surface area contributed by atoms with Gasteiger partial charge in [-0.25, -0.2) is 4.98 Å². The minimum Gasteiger partial charge on any atom is -0.368 e. The van der Waals surface area contributed by atoms with Gasteiger partial charge < -0.3 is 14.7 Å². The van der Waals surface area contributed by atoms with Gasteiger partial charge in [-0.05, 0) is 30.3 Å². The summed E-state index contributed by atoms with van der Waals surface area (Å²) in [7, 11) is 0. The lowest BCUT2D eigenvalue weighted by atomic mass is 10.2. The average molecular weight is 460 g/mol. The molecule has 0 atom stereocenters. The second kappa shape index (κ2) is 8.69. The first-order chi connectivity index (χ1) is 14.7. The molecular weight excluding hydrogens is 437 g/mol. The minimum atomic E-state index is 0.590. The lowest BCUT2D eigenvalue weighted by Crippen LogP contribution is -2.47. The van der Waals surface area contributed by atoms with Crippen molar-refractivity contribution < 1.29 is 0 Å². The average Bonchev–Trinajstić information content (AvgIpc) is 2.81. The molecule has 8 heteroatoms. The zero-order chi connectivity index (χ0) is 20.5. The number of halogens is 2. The molecule has 2 saturated heterocycles. The Bertz CT molecular complexity index is 1050. The van der Waals surface area contributed by atoms with Gasteiger partial charge in [-0.15, -0.1) is 0 Å². The van der Waals surface area contributed by atoms with Crippen LogP contribution >= 0.6 is 35.0 Å². The summed E-state index contributed by atoms with van der Waals surface area (Å²) in [5.41, 5.74) is 2.12. The second-order valence-corrected chi connectivity index (χ2v) is 9.58. The summed E-state index contributed by atoms with van der Waals surface area (Å²) >= 11 is 14.3. The van der Waals surface area contributed by atoms with Crippen molar-refractivity contribution in [2.75, 3.05) is 65.5 Å². The number of hydrogen-bond donors (Lipinski definition) is 0. The third-order valence-electron chi connectivity index (χ3n) is 5.71. The van der Waals surface area contributed by atoms with Crippen molar-refractivity contribution >= 4 is 63.3 Å². The van der Waals surface area contributed by atoms with Gasteiger partial charge in [0.1, 0.15) is 5.82 Å². The summed E-state index contributed by atoms with van der Waals surface area (Å²) in [4.78, 5) is 17.0. The van der Waals surface area contributed by atoms with Crippen LogP contribution in [0, 0.1) is 0 Å². The molecular formula is C22H23Cl2N5S. The van der Waals surface area contributed by atoms with Crippen molar-refractivity contribution in [3.63, 3.8) is 0 Å². The first kappa shape index (κ1) is 20.0. The fourth-order valence-corrected chi connectivity index (χ4v) is 5.25. The molecule has 2 aliphatic rings. The van der Waals surface area contributed by atoms with E-state index >= 15 is 0 Å². The Morgan fingerprint density at radius 2 is 1.47 bits per heavy atom. The van der Waals surface area contributed by atoms with Crippen LogP contribution in [0.3, 0.4) is 0 Å². The molecule has 0 amide bonds. The van der Waals surface area contributed by atoms with Crippen LogP contribution in [0.4, 0.5) is 17.5 Å². The standard InChI is InChI=1S/C22H23Cl2N5S/c23-18-6-5-16(15-19(18)24)27-7-9-29(10-8-27)22-25-20-4-2-1-3-17(20)21(26-22)28-11-13-30-14-12-28/h1-6,15H,7-14H2. The zero-order valence-corrected chi connectivity index (χ0v) is 18.9. The molecule has 2 aromatic carbocycles. The topological polar surface area (TPSA) is 35.5 Å². The SMILES string of the molecule is Clc1ccc(N2CCN(c3nc(N4CCSCC4)c4ccccc4n3)CC2)cc1Cl. The van der Waals surface area contributed by atoms with E-state index in [0.717, 1.165) is 79.1 Å². The predicted molar refractivity (Wildman–Crippen MR) is 130 cm³/mol. The van der Waals surface area contributed by atoms with E-state index in [0.29, 0.717) is 10.0 Å². The van der Waals surface area contributed by atoms with Gasteiger partial charge in [-0.2, -0.15) is 16.7 Å². The number of aromatic nitrogens is 2. The fraction of sp³-hybridized carbons (Fsp3) is 0.364. The van der Waals surface area contributed by atoms with E-state index in [9.17, 15) is 0 Å². The number of fused-ring (bicyclic) bond motifs is 1. The first-order valence-electron chi connectivity index (χ1n) is 10.2. The van der Waals surface area contributed by atoms with Crippen LogP contribution in [0.15, 0.2) is 42.5 Å². The Hall–Kier alpha value is -1.89. The van der Waals surface area contributed by atoms with E-state index in [1.165, 1.54) is 0 Å². The highest BCUT2D eigenvalue weighted by Crippen LogP contribution is 2.30. The molecule has 2 fully saturated rings. The van der Waals surface area contributed by atoms with Gasteiger partial charge in [0.15, 0.2) is 0 Å². The van der Waals surface area contributed by atoms with E-state index in [2.05, 4.69) is 39.0 Å². The molecule has 5 rings (SSSR count). The molecule has 0 unspecified atom stereocenters. The molecule has 0 saturated carbocycles. The highest BCUT2D eigenvalue weighted by Gasteiger charge is 2.23. The lowest BCUT2D eigenvalue weighted by Gasteiger charge is -2.37. The van der Waals surface area contributed by atoms with Gasteiger partial charge in [0.25, 0.3) is 0 Å². The molecule has 0 radical (unpaired) electrons. The molecule has 5 nitrogen and oxygen atoms in total. The molecule has 0 N–H and O–H groups in total. The predicted octanol–water partition coefficient (Wildman–Crippen LogP) is 4.82. The Balaban J connectivity index is 1.39. The zero-order valence-electron chi connectivity index (χ0n) is 16.6. The van der Waals surface area contributed by atoms with Crippen molar-refractivity contribution in [3.05, 3.63) is 52.5 Å². The van der Waals surface area contributed by atoms with Crippen molar-refractivity contribution in [3.8, 4) is 0 Å². The van der Waals surface area contributed by atoms with Gasteiger partial charge >= 0.3 is 0 Å². The largest absolute Gasteiger partial charge is 0.368 e. The maximum atomic E-state index is 6.21. The molecule has 0 aliphatic carbocycles. The second-order valence-electron chi connectivity index (χ2n) is 7.54. The maximum Gasteiger partial charge on any atom is 0.228 e. The van der Waals surface area contributed by atoms with Gasteiger partial charge in [0, 0.05) is 61.8 Å². The van der Waals surface area contributed by atoms with Crippen molar-refractivity contribution in [1.29, 1.82) is 0 Å². The summed E-state index contributed by atoms with van der Waals surface area (Å²) in [6.07, 6.45) is 0. The van der Waals surface area contributed by atoms with Gasteiger partial charge in [-0.3, -0.25) is 0 Å². The quantitative estimate of drug-likeness (QED) is 0.558. The third kappa shape index (κ3) is 4.01. The molecule has 2 aliphatic heterocycles. The maximum absolute atomic E-state index is 6.21. The highest BCUT2D eigenvalue weighted by molar-refractivity contribution is 7.99. The Kier molecular flexibility index (Phi) is 5.81. The molecule has 156 valence electrons. The number of thioether (sulfide) groups is 1. The summed E-state index contributed by atoms with van der Waals surface area (Å²) in [5, 5.41) is 2.33. The van der Waals surface area contributed by atoms with E-state index in [1.807, 2.05) is 30.0 Å². The number of rotatable bonds is 3. The van der Waals surface area contributed by atoms with Crippen LogP contribution in [0.1, 0.15) is 0 Å². The number of anilines is 3. The number of para-hydroxylation sites is 1. The first-order valence-corrected chi connectivity index (χ1v) is 12.1. The Morgan fingerprint density at radius 3 is 2.23 bits per heavy atom. The molecule has 3 heterocycles. The van der Waals surface area contributed by atoms with Crippen LogP contribution in [0.5, 0.6) is 0 Å². The van der Waals surface area contributed by atoms with E-state index in [-0.39, 0.29) is 0 Å². The number of piperazine rings is 1. The molecule has 3 aromatic rings. The highest BCUT2D eigenvalue weighted by atomic mass is 35.5. The smallest absolute Gasteiger partial charge is 0.228 e. The van der Waals surface area contributed by atoms with Crippen LogP contribution in [0.25, 0.3) is 10.9 Å². The summed E-state index contributed by atoms with van der Waals surface area (Å²) in [5.74, 6) is 4.20. The normalized spacial score (nSPS) is 17.6. The Morgan fingerprint density at radius 1 is 0.733 bits per heavy atom. The van der Waals surface area contributed by atoms with Crippen LogP contribution in [-0.4, -0.2) is 60.7 Å². The summed E-state index contributed by atoms with van der Waals surface area (Å²) < 4.78 is 0. The van der Waals surface area contributed by atoms with Crippen molar-refractivity contribution in [2.24, 2.45) is 0 Å². The number of benzene rings is 2. The van der Waals surface area contributed by atoms with Gasteiger partial charge in [-0.1, -0.05) is 35.3 Å². The van der Waals surface area contributed by atoms with E-state index < -0.39 is 0 Å². The van der Waals surface area contributed by atoms with Gasteiger partial charge in [0.2, 0.25) is 5.95 Å². The van der Waals surface area contributed by atoms with Crippen molar-refractivity contribution in [2.45, 2.75) is 0 Å². The van der Waals surface area contributed by atoms with Gasteiger partial charge in [0.05, 0.1) is 15.6 Å². The van der Waals surface area contributed by atoms with E-state index in [1.54, 1.807) is 0 Å². The summed E-state index contributed by atoms with van der Waals surface area (Å²) in [6.45, 7) is 5.60. The fourth-order valence-electron chi connectivity index (χ4n) is 4.05.